The van der Waals surface area contributed by atoms with Gasteiger partial charge in [0.2, 0.25) is 0 Å². The molecule has 0 saturated carbocycles. The molecule has 10 aromatic rings. The topological polar surface area (TPSA) is 109 Å². The van der Waals surface area contributed by atoms with E-state index < -0.39 is 11.7 Å². The molecular weight excluding hydrogens is 816 g/mol. The lowest BCUT2D eigenvalue weighted by Crippen LogP contribution is -2.10. The van der Waals surface area contributed by atoms with Crippen LogP contribution in [0.5, 0.6) is 0 Å². The van der Waals surface area contributed by atoms with Crippen molar-refractivity contribution in [1.82, 2.24) is 9.13 Å². The number of nitriles is 4. The summed E-state index contributed by atoms with van der Waals surface area (Å²) in [5.41, 5.74) is 6.93. The van der Waals surface area contributed by atoms with Crippen molar-refractivity contribution in [3.05, 3.63) is 196 Å². The number of benzene rings is 8. The zero-order valence-electron chi connectivity index (χ0n) is 34.2. The van der Waals surface area contributed by atoms with Gasteiger partial charge in [-0.15, -0.1) is 0 Å². The third-order valence-electron chi connectivity index (χ3n) is 12.1. The Bertz CT molecular complexity index is 3910. The van der Waals surface area contributed by atoms with Gasteiger partial charge in [0.1, 0.15) is 6.07 Å². The first-order chi connectivity index (χ1) is 31.6. The fourth-order valence-electron chi connectivity index (χ4n) is 9.20. The molecule has 0 aliphatic heterocycles. The number of halogens is 3. The Labute approximate surface area is 370 Å². The maximum Gasteiger partial charge on any atom is 0.417 e. The number of alkyl halides is 3. The third kappa shape index (κ3) is 6.32. The highest BCUT2D eigenvalue weighted by molar-refractivity contribution is 6.12. The van der Waals surface area contributed by atoms with E-state index in [-0.39, 0.29) is 16.7 Å². The molecular formula is C55H28F3N7. The molecule has 0 bridgehead atoms. The molecule has 0 atom stereocenters. The normalized spacial score (nSPS) is 11.3. The first-order valence-electron chi connectivity index (χ1n) is 20.3. The Morgan fingerprint density at radius 3 is 1.62 bits per heavy atom. The van der Waals surface area contributed by atoms with Gasteiger partial charge in [-0.1, -0.05) is 91.0 Å². The van der Waals surface area contributed by atoms with Crippen LogP contribution >= 0.6 is 0 Å². The molecule has 304 valence electrons. The van der Waals surface area contributed by atoms with Crippen LogP contribution in [0.1, 0.15) is 33.4 Å². The highest BCUT2D eigenvalue weighted by Gasteiger charge is 2.36. The van der Waals surface area contributed by atoms with E-state index in [1.54, 1.807) is 49.4 Å². The van der Waals surface area contributed by atoms with Gasteiger partial charge in [0.05, 0.1) is 80.5 Å². The first-order valence-corrected chi connectivity index (χ1v) is 20.3. The molecule has 0 saturated heterocycles. The lowest BCUT2D eigenvalue weighted by Gasteiger charge is -2.22. The first kappa shape index (κ1) is 39.7. The van der Waals surface area contributed by atoms with Crippen LogP contribution in [0, 0.1) is 58.8 Å². The molecule has 0 unspecified atom stereocenters. The third-order valence-corrected chi connectivity index (χ3v) is 12.1. The molecule has 0 aliphatic carbocycles. The Kier molecular flexibility index (Phi) is 9.29. The van der Waals surface area contributed by atoms with Gasteiger partial charge in [-0.2, -0.15) is 34.2 Å². The number of fused-ring (bicyclic) bond motifs is 6. The number of hydrogen-bond donors (Lipinski definition) is 0. The van der Waals surface area contributed by atoms with E-state index in [9.17, 15) is 21.0 Å². The number of aromatic nitrogens is 2. The van der Waals surface area contributed by atoms with Crippen molar-refractivity contribution in [2.24, 2.45) is 0 Å². The fourth-order valence-corrected chi connectivity index (χ4v) is 9.20. The van der Waals surface area contributed by atoms with Crippen LogP contribution in [-0.2, 0) is 6.18 Å². The smallest absolute Gasteiger partial charge is 0.309 e. The van der Waals surface area contributed by atoms with E-state index in [0.29, 0.717) is 83.6 Å². The summed E-state index contributed by atoms with van der Waals surface area (Å²) in [7, 11) is 0. The van der Waals surface area contributed by atoms with Gasteiger partial charge in [-0.25, -0.2) is 4.85 Å². The SMILES string of the molecule is [C-]#[N+]c1ccc(-c2ccc3c4ccccc4n(-c4cc(C#N)c(-n5c6ccccc6c6ccc(-c7ccc(C#N)cc7C#N)cc65)cc4-c4c(C)cccc4C(F)(F)F)c3c2)c(C#N)c1. The summed E-state index contributed by atoms with van der Waals surface area (Å²) < 4.78 is 49.9. The van der Waals surface area contributed by atoms with Crippen molar-refractivity contribution in [3.63, 3.8) is 0 Å². The Morgan fingerprint density at radius 1 is 0.492 bits per heavy atom. The van der Waals surface area contributed by atoms with Crippen LogP contribution in [0.15, 0.2) is 152 Å². The predicted octanol–water partition coefficient (Wildman–Crippen LogP) is 14.2. The van der Waals surface area contributed by atoms with Crippen LogP contribution in [-0.4, -0.2) is 9.13 Å². The Morgan fingerprint density at radius 2 is 1.05 bits per heavy atom. The van der Waals surface area contributed by atoms with E-state index in [1.165, 1.54) is 18.2 Å². The van der Waals surface area contributed by atoms with Crippen molar-refractivity contribution in [3.8, 4) is 69.0 Å². The Hall–Kier alpha value is -9.40. The van der Waals surface area contributed by atoms with Crippen molar-refractivity contribution >= 4 is 49.3 Å². The van der Waals surface area contributed by atoms with Crippen LogP contribution in [0.25, 0.3) is 93.2 Å². The summed E-state index contributed by atoms with van der Waals surface area (Å²) in [4.78, 5) is 3.49. The second-order valence-electron chi connectivity index (χ2n) is 15.6. The van der Waals surface area contributed by atoms with Crippen molar-refractivity contribution in [2.75, 3.05) is 0 Å². The number of para-hydroxylation sites is 2. The van der Waals surface area contributed by atoms with Crippen LogP contribution in [0.3, 0.4) is 0 Å². The largest absolute Gasteiger partial charge is 0.417 e. The zero-order chi connectivity index (χ0) is 45.1. The van der Waals surface area contributed by atoms with Crippen molar-refractivity contribution < 1.29 is 13.2 Å². The average Bonchev–Trinajstić information content (AvgIpc) is 3.84. The number of nitrogens with zero attached hydrogens (tertiary/aromatic N) is 7. The van der Waals surface area contributed by atoms with E-state index in [2.05, 4.69) is 29.1 Å². The number of hydrogen-bond acceptors (Lipinski definition) is 4. The summed E-state index contributed by atoms with van der Waals surface area (Å²) in [6.07, 6.45) is -4.76. The van der Waals surface area contributed by atoms with Crippen LogP contribution in [0.4, 0.5) is 18.9 Å². The van der Waals surface area contributed by atoms with Crippen LogP contribution < -0.4 is 0 Å². The summed E-state index contributed by atoms with van der Waals surface area (Å²) >= 11 is 0. The minimum absolute atomic E-state index is 0.0537. The standard InChI is InChI=1S/C55H28F3N7/c1-32-8-7-11-47(55(56,57)58)54(32)46-27-50(64-48-12-5-3-9-42(48)44-19-15-34(24-51(44)64)40-18-14-33(28-59)22-36(40)29-60)38(31-62)26-53(46)65-49-13-6-4-10-43(49)45-20-16-35(25-52(45)65)41-21-17-39(63-2)23-37(41)30-61/h3-27H,1H3. The summed E-state index contributed by atoms with van der Waals surface area (Å²) in [6.45, 7) is 9.13. The second-order valence-corrected chi connectivity index (χ2v) is 15.6. The zero-order valence-corrected chi connectivity index (χ0v) is 34.2. The molecule has 8 aromatic carbocycles. The van der Waals surface area contributed by atoms with Crippen molar-refractivity contribution in [1.29, 1.82) is 21.0 Å². The van der Waals surface area contributed by atoms with E-state index in [1.807, 2.05) is 94.1 Å². The molecule has 2 aromatic heterocycles. The maximum atomic E-state index is 15.4. The molecule has 0 amide bonds. The predicted molar refractivity (Wildman–Crippen MR) is 246 cm³/mol. The van der Waals surface area contributed by atoms with E-state index in [4.69, 9.17) is 6.57 Å². The minimum atomic E-state index is -4.76. The van der Waals surface area contributed by atoms with Gasteiger partial charge < -0.3 is 9.13 Å². The molecule has 0 N–H and O–H groups in total. The summed E-state index contributed by atoms with van der Waals surface area (Å²) in [6, 6.07) is 52.7. The van der Waals surface area contributed by atoms with Crippen LogP contribution in [0.2, 0.25) is 0 Å². The molecule has 65 heavy (non-hydrogen) atoms. The molecule has 0 aliphatic rings. The minimum Gasteiger partial charge on any atom is -0.309 e. The molecule has 2 heterocycles. The maximum absolute atomic E-state index is 15.4. The van der Waals surface area contributed by atoms with Gasteiger partial charge >= 0.3 is 6.18 Å². The van der Waals surface area contributed by atoms with Gasteiger partial charge in [-0.3, -0.25) is 0 Å². The number of aryl methyl sites for hydroxylation is 1. The molecule has 10 heteroatoms. The summed E-state index contributed by atoms with van der Waals surface area (Å²) in [5.74, 6) is 0. The van der Waals surface area contributed by atoms with E-state index >= 15 is 13.2 Å². The van der Waals surface area contributed by atoms with Gasteiger partial charge in [0.15, 0.2) is 5.69 Å². The van der Waals surface area contributed by atoms with Crippen molar-refractivity contribution in [2.45, 2.75) is 13.1 Å². The molecule has 0 radical (unpaired) electrons. The van der Waals surface area contributed by atoms with Gasteiger partial charge in [0, 0.05) is 32.7 Å². The van der Waals surface area contributed by atoms with E-state index in [0.717, 1.165) is 27.6 Å². The Balaban J connectivity index is 1.34. The average molecular weight is 844 g/mol. The quantitative estimate of drug-likeness (QED) is 0.161. The van der Waals surface area contributed by atoms with Gasteiger partial charge in [0.25, 0.3) is 0 Å². The molecule has 7 nitrogen and oxygen atoms in total. The lowest BCUT2D eigenvalue weighted by molar-refractivity contribution is -0.137. The molecule has 10 rings (SSSR count). The monoisotopic (exact) mass is 843 g/mol. The highest BCUT2D eigenvalue weighted by atomic mass is 19.4. The lowest BCUT2D eigenvalue weighted by atomic mass is 9.91. The fraction of sp³-hybridized carbons (Fsp3) is 0.0364. The number of rotatable bonds is 5. The summed E-state index contributed by atoms with van der Waals surface area (Å²) in [5, 5.41) is 44.3. The molecule has 0 fully saturated rings. The molecule has 0 spiro atoms. The second kappa shape index (κ2) is 15.2. The highest BCUT2D eigenvalue weighted by Crippen LogP contribution is 2.46. The van der Waals surface area contributed by atoms with Gasteiger partial charge in [-0.05, 0) is 101 Å².